The summed E-state index contributed by atoms with van der Waals surface area (Å²) in [4.78, 5) is 0. The molecule has 0 bridgehead atoms. The van der Waals surface area contributed by atoms with E-state index in [9.17, 15) is 0 Å². The zero-order valence-corrected chi connectivity index (χ0v) is 14.5. The van der Waals surface area contributed by atoms with Crippen molar-refractivity contribution in [2.24, 2.45) is 17.8 Å². The summed E-state index contributed by atoms with van der Waals surface area (Å²) in [7, 11) is 0. The first-order chi connectivity index (χ1) is 9.06. The van der Waals surface area contributed by atoms with Gasteiger partial charge in [-0.05, 0) is 56.3 Å². The van der Waals surface area contributed by atoms with E-state index in [0.29, 0.717) is 6.10 Å². The van der Waals surface area contributed by atoms with Gasteiger partial charge in [-0.3, -0.25) is 0 Å². The van der Waals surface area contributed by atoms with Crippen LogP contribution in [0.3, 0.4) is 0 Å². The lowest BCUT2D eigenvalue weighted by molar-refractivity contribution is -0.132. The Kier molecular flexibility index (Phi) is 5.77. The van der Waals surface area contributed by atoms with E-state index >= 15 is 0 Å². The predicted molar refractivity (Wildman–Crippen MR) is 85.8 cm³/mol. The average molecular weight is 331 g/mol. The fraction of sp³-hybridized carbons (Fsp3) is 1.00. The second-order valence-corrected chi connectivity index (χ2v) is 7.88. The first-order valence-electron chi connectivity index (χ1n) is 8.30. The summed E-state index contributed by atoms with van der Waals surface area (Å²) in [6.45, 7) is 7.12. The Hall–Kier alpha value is 0.440. The summed E-state index contributed by atoms with van der Waals surface area (Å²) in [5.74, 6) is 2.51. The maximum Gasteiger partial charge on any atom is 0.0783 e. The lowest BCUT2D eigenvalue weighted by atomic mass is 9.75. The van der Waals surface area contributed by atoms with Gasteiger partial charge in [0.2, 0.25) is 0 Å². The van der Waals surface area contributed by atoms with Crippen LogP contribution in [0.5, 0.6) is 0 Å². The Morgan fingerprint density at radius 2 is 1.74 bits per heavy atom. The standard InChI is InChI=1S/C17H31BrO/c1-13(2)15-8-10-17(12-18,11-9-15)19-16-7-5-4-6-14(16)3/h13-16H,4-12H2,1-3H3. The largest absolute Gasteiger partial charge is 0.371 e. The molecular weight excluding hydrogens is 300 g/mol. The van der Waals surface area contributed by atoms with Gasteiger partial charge >= 0.3 is 0 Å². The van der Waals surface area contributed by atoms with E-state index in [0.717, 1.165) is 23.1 Å². The summed E-state index contributed by atoms with van der Waals surface area (Å²) >= 11 is 3.75. The Morgan fingerprint density at radius 1 is 1.11 bits per heavy atom. The minimum Gasteiger partial charge on any atom is -0.371 e. The van der Waals surface area contributed by atoms with Crippen LogP contribution in [0.4, 0.5) is 0 Å². The van der Waals surface area contributed by atoms with Crippen molar-refractivity contribution in [1.82, 2.24) is 0 Å². The second-order valence-electron chi connectivity index (χ2n) is 7.32. The number of ether oxygens (including phenoxy) is 1. The molecule has 0 radical (unpaired) electrons. The Balaban J connectivity index is 1.92. The van der Waals surface area contributed by atoms with E-state index < -0.39 is 0 Å². The molecule has 2 atom stereocenters. The summed E-state index contributed by atoms with van der Waals surface area (Å²) in [6, 6.07) is 0. The molecule has 2 fully saturated rings. The average Bonchev–Trinajstić information content (AvgIpc) is 2.42. The zero-order valence-electron chi connectivity index (χ0n) is 13.0. The van der Waals surface area contributed by atoms with Crippen molar-refractivity contribution in [2.75, 3.05) is 5.33 Å². The maximum atomic E-state index is 6.66. The summed E-state index contributed by atoms with van der Waals surface area (Å²) in [6.07, 6.45) is 11.1. The van der Waals surface area contributed by atoms with Gasteiger partial charge in [-0.1, -0.05) is 49.5 Å². The molecule has 0 aromatic rings. The number of hydrogen-bond acceptors (Lipinski definition) is 1. The molecule has 2 aliphatic carbocycles. The van der Waals surface area contributed by atoms with Crippen LogP contribution in [0.1, 0.15) is 72.1 Å². The van der Waals surface area contributed by atoms with Crippen LogP contribution in [0.25, 0.3) is 0 Å². The van der Waals surface area contributed by atoms with Gasteiger partial charge in [0.1, 0.15) is 0 Å². The van der Waals surface area contributed by atoms with Gasteiger partial charge < -0.3 is 4.74 Å². The molecule has 0 aromatic heterocycles. The topological polar surface area (TPSA) is 9.23 Å². The molecule has 0 aromatic carbocycles. The van der Waals surface area contributed by atoms with Gasteiger partial charge in [0.25, 0.3) is 0 Å². The first kappa shape index (κ1) is 15.8. The second kappa shape index (κ2) is 6.93. The van der Waals surface area contributed by atoms with E-state index in [-0.39, 0.29) is 5.60 Å². The Bertz CT molecular complexity index is 268. The van der Waals surface area contributed by atoms with Crippen molar-refractivity contribution in [2.45, 2.75) is 83.8 Å². The number of alkyl halides is 1. The molecule has 0 N–H and O–H groups in total. The third-order valence-corrected chi connectivity index (χ3v) is 6.58. The van der Waals surface area contributed by atoms with Crippen molar-refractivity contribution in [3.05, 3.63) is 0 Å². The summed E-state index contributed by atoms with van der Waals surface area (Å²) < 4.78 is 6.66. The lowest BCUT2D eigenvalue weighted by Crippen LogP contribution is -2.44. The molecule has 2 saturated carbocycles. The molecule has 0 saturated heterocycles. The fourth-order valence-electron chi connectivity index (χ4n) is 3.89. The van der Waals surface area contributed by atoms with Crippen molar-refractivity contribution >= 4 is 15.9 Å². The molecule has 1 nitrogen and oxygen atoms in total. The van der Waals surface area contributed by atoms with Gasteiger partial charge in [0.15, 0.2) is 0 Å². The first-order valence-corrected chi connectivity index (χ1v) is 9.42. The van der Waals surface area contributed by atoms with Crippen LogP contribution in [-0.2, 0) is 4.74 Å². The van der Waals surface area contributed by atoms with Gasteiger partial charge in [-0.2, -0.15) is 0 Å². The molecule has 0 aliphatic heterocycles. The number of rotatable bonds is 4. The highest BCUT2D eigenvalue weighted by molar-refractivity contribution is 9.09. The van der Waals surface area contributed by atoms with Crippen molar-refractivity contribution < 1.29 is 4.74 Å². The van der Waals surface area contributed by atoms with E-state index in [1.807, 2.05) is 0 Å². The smallest absolute Gasteiger partial charge is 0.0783 e. The number of hydrogen-bond donors (Lipinski definition) is 0. The van der Waals surface area contributed by atoms with Crippen LogP contribution in [0, 0.1) is 17.8 Å². The van der Waals surface area contributed by atoms with Gasteiger partial charge in [-0.15, -0.1) is 0 Å². The molecule has 112 valence electrons. The predicted octanol–water partition coefficient (Wildman–Crippen LogP) is 5.56. The van der Waals surface area contributed by atoms with Gasteiger partial charge in [-0.25, -0.2) is 0 Å². The molecule has 2 heteroatoms. The summed E-state index contributed by atoms with van der Waals surface area (Å²) in [5.41, 5.74) is 0.141. The quantitative estimate of drug-likeness (QED) is 0.613. The highest BCUT2D eigenvalue weighted by Crippen LogP contribution is 2.41. The van der Waals surface area contributed by atoms with E-state index in [1.165, 1.54) is 51.4 Å². The van der Waals surface area contributed by atoms with E-state index in [4.69, 9.17) is 4.74 Å². The SMILES string of the molecule is CC(C)C1CCC(CBr)(OC2CCCCC2C)CC1. The normalized spacial score (nSPS) is 40.6. The minimum absolute atomic E-state index is 0.141. The summed E-state index contributed by atoms with van der Waals surface area (Å²) in [5, 5.41) is 1.02. The van der Waals surface area contributed by atoms with Gasteiger partial charge in [0, 0.05) is 5.33 Å². The molecular formula is C17H31BrO. The van der Waals surface area contributed by atoms with Crippen LogP contribution < -0.4 is 0 Å². The minimum atomic E-state index is 0.141. The maximum absolute atomic E-state index is 6.66. The van der Waals surface area contributed by atoms with Crippen molar-refractivity contribution in [3.63, 3.8) is 0 Å². The molecule has 0 amide bonds. The third-order valence-electron chi connectivity index (χ3n) is 5.56. The zero-order chi connectivity index (χ0) is 13.9. The monoisotopic (exact) mass is 330 g/mol. The van der Waals surface area contributed by atoms with Crippen molar-refractivity contribution in [3.8, 4) is 0 Å². The molecule has 2 rings (SSSR count). The molecule has 2 aliphatic rings. The molecule has 0 spiro atoms. The highest BCUT2D eigenvalue weighted by Gasteiger charge is 2.39. The van der Waals surface area contributed by atoms with Crippen molar-refractivity contribution in [1.29, 1.82) is 0 Å². The Morgan fingerprint density at radius 3 is 2.26 bits per heavy atom. The molecule has 2 unspecified atom stereocenters. The fourth-order valence-corrected chi connectivity index (χ4v) is 4.59. The van der Waals surface area contributed by atoms with Crippen LogP contribution >= 0.6 is 15.9 Å². The number of halogens is 1. The van der Waals surface area contributed by atoms with Crippen LogP contribution in [0.2, 0.25) is 0 Å². The van der Waals surface area contributed by atoms with E-state index in [2.05, 4.69) is 36.7 Å². The van der Waals surface area contributed by atoms with E-state index in [1.54, 1.807) is 0 Å². The molecule has 19 heavy (non-hydrogen) atoms. The lowest BCUT2D eigenvalue weighted by Gasteiger charge is -2.44. The van der Waals surface area contributed by atoms with Gasteiger partial charge in [0.05, 0.1) is 11.7 Å². The molecule has 0 heterocycles. The Labute approximate surface area is 128 Å². The highest BCUT2D eigenvalue weighted by atomic mass is 79.9. The third kappa shape index (κ3) is 3.97. The van der Waals surface area contributed by atoms with Crippen LogP contribution in [0.15, 0.2) is 0 Å². The van der Waals surface area contributed by atoms with Crippen LogP contribution in [-0.4, -0.2) is 17.0 Å².